The molecule has 3 rings (SSSR count). The quantitative estimate of drug-likeness (QED) is 0.601. The van der Waals surface area contributed by atoms with E-state index in [1.807, 2.05) is 18.2 Å². The van der Waals surface area contributed by atoms with Crippen molar-refractivity contribution in [2.24, 2.45) is 11.8 Å². The molecule has 0 aliphatic carbocycles. The third-order valence-corrected chi connectivity index (χ3v) is 3.74. The van der Waals surface area contributed by atoms with Crippen LogP contribution in [0.15, 0.2) is 24.3 Å². The van der Waals surface area contributed by atoms with Crippen LogP contribution in [0.4, 0.5) is 0 Å². The lowest BCUT2D eigenvalue weighted by atomic mass is 9.92. The summed E-state index contributed by atoms with van der Waals surface area (Å²) in [6.45, 7) is 1.62. The van der Waals surface area contributed by atoms with Crippen LogP contribution in [0.25, 0.3) is 0 Å². The zero-order valence-corrected chi connectivity index (χ0v) is 9.76. The predicted octanol–water partition coefficient (Wildman–Crippen LogP) is 0.858. The van der Waals surface area contributed by atoms with E-state index in [9.17, 15) is 0 Å². The Morgan fingerprint density at radius 1 is 1.35 bits per heavy atom. The van der Waals surface area contributed by atoms with E-state index >= 15 is 0 Å². The topological polar surface area (TPSA) is 56.5 Å². The highest BCUT2D eigenvalue weighted by Crippen LogP contribution is 2.32. The van der Waals surface area contributed by atoms with Crippen molar-refractivity contribution < 1.29 is 9.47 Å². The van der Waals surface area contributed by atoms with Gasteiger partial charge in [0.05, 0.1) is 12.6 Å². The molecule has 3 unspecified atom stereocenters. The summed E-state index contributed by atoms with van der Waals surface area (Å²) >= 11 is 0. The van der Waals surface area contributed by atoms with Crippen LogP contribution in [0, 0.1) is 5.92 Å². The monoisotopic (exact) mass is 234 g/mol. The fourth-order valence-electron chi connectivity index (χ4n) is 2.79. The van der Waals surface area contributed by atoms with Gasteiger partial charge in [-0.05, 0) is 18.1 Å². The Labute approximate surface area is 101 Å². The lowest BCUT2D eigenvalue weighted by Crippen LogP contribution is -2.51. The number of nitrogens with two attached hydrogens (primary N) is 1. The van der Waals surface area contributed by atoms with E-state index in [0.717, 1.165) is 31.8 Å². The lowest BCUT2D eigenvalue weighted by molar-refractivity contribution is 0.121. The first-order valence-corrected chi connectivity index (χ1v) is 6.17. The van der Waals surface area contributed by atoms with Crippen molar-refractivity contribution in [3.8, 4) is 5.75 Å². The number of hydrazine groups is 1. The molecule has 0 bridgehead atoms. The van der Waals surface area contributed by atoms with Gasteiger partial charge < -0.3 is 9.47 Å². The molecule has 0 amide bonds. The van der Waals surface area contributed by atoms with Crippen LogP contribution in [0.1, 0.15) is 12.0 Å². The van der Waals surface area contributed by atoms with Gasteiger partial charge in [0.15, 0.2) is 0 Å². The first-order chi connectivity index (χ1) is 8.38. The van der Waals surface area contributed by atoms with E-state index < -0.39 is 0 Å². The van der Waals surface area contributed by atoms with Crippen molar-refractivity contribution >= 4 is 0 Å². The fourth-order valence-corrected chi connectivity index (χ4v) is 2.79. The van der Waals surface area contributed by atoms with E-state index in [-0.39, 0.29) is 12.1 Å². The molecule has 0 spiro atoms. The minimum absolute atomic E-state index is 0.129. The maximum atomic E-state index is 5.97. The van der Waals surface area contributed by atoms with Gasteiger partial charge in [0.2, 0.25) is 0 Å². The molecule has 1 aromatic carbocycles. The molecule has 2 aliphatic heterocycles. The molecule has 17 heavy (non-hydrogen) atoms. The van der Waals surface area contributed by atoms with Gasteiger partial charge >= 0.3 is 0 Å². The largest absolute Gasteiger partial charge is 0.488 e. The molecule has 0 aromatic heterocycles. The van der Waals surface area contributed by atoms with Crippen molar-refractivity contribution in [3.63, 3.8) is 0 Å². The molecule has 92 valence electrons. The summed E-state index contributed by atoms with van der Waals surface area (Å²) in [6.07, 6.45) is 2.12. The van der Waals surface area contributed by atoms with Crippen LogP contribution in [0.5, 0.6) is 5.75 Å². The van der Waals surface area contributed by atoms with Crippen molar-refractivity contribution in [1.29, 1.82) is 0 Å². The SMILES string of the molecule is NNC(C1CCOC1)C1Cc2ccccc2O1. The summed E-state index contributed by atoms with van der Waals surface area (Å²) < 4.78 is 11.4. The molecular formula is C13H18N2O2. The Morgan fingerprint density at radius 2 is 2.24 bits per heavy atom. The van der Waals surface area contributed by atoms with Gasteiger partial charge in [-0.15, -0.1) is 0 Å². The van der Waals surface area contributed by atoms with Crippen LogP contribution >= 0.6 is 0 Å². The second-order valence-corrected chi connectivity index (χ2v) is 4.78. The van der Waals surface area contributed by atoms with Gasteiger partial charge in [0.1, 0.15) is 11.9 Å². The van der Waals surface area contributed by atoms with E-state index in [2.05, 4.69) is 11.5 Å². The summed E-state index contributed by atoms with van der Waals surface area (Å²) in [4.78, 5) is 0. The number of hydrogen-bond donors (Lipinski definition) is 2. The van der Waals surface area contributed by atoms with Gasteiger partial charge in [-0.2, -0.15) is 0 Å². The Hall–Kier alpha value is -1.10. The average Bonchev–Trinajstić information content (AvgIpc) is 2.98. The molecule has 1 saturated heterocycles. The van der Waals surface area contributed by atoms with Gasteiger partial charge in [-0.3, -0.25) is 11.3 Å². The summed E-state index contributed by atoms with van der Waals surface area (Å²) in [7, 11) is 0. The number of fused-ring (bicyclic) bond motifs is 1. The molecule has 4 heteroatoms. The van der Waals surface area contributed by atoms with Crippen LogP contribution < -0.4 is 16.0 Å². The normalized spacial score (nSPS) is 28.8. The third-order valence-electron chi connectivity index (χ3n) is 3.74. The smallest absolute Gasteiger partial charge is 0.123 e. The van der Waals surface area contributed by atoms with Crippen LogP contribution in [-0.4, -0.2) is 25.4 Å². The summed E-state index contributed by atoms with van der Waals surface area (Å²) in [5, 5.41) is 0. The molecule has 2 aliphatic rings. The number of nitrogens with one attached hydrogen (secondary N) is 1. The zero-order valence-electron chi connectivity index (χ0n) is 9.76. The van der Waals surface area contributed by atoms with Gasteiger partial charge in [0, 0.05) is 18.9 Å². The molecule has 2 heterocycles. The van der Waals surface area contributed by atoms with Crippen molar-refractivity contribution in [3.05, 3.63) is 29.8 Å². The molecule has 3 N–H and O–H groups in total. The van der Waals surface area contributed by atoms with Crippen molar-refractivity contribution in [2.75, 3.05) is 13.2 Å². The molecule has 1 aromatic rings. The molecule has 1 fully saturated rings. The van der Waals surface area contributed by atoms with Gasteiger partial charge in [0.25, 0.3) is 0 Å². The van der Waals surface area contributed by atoms with Crippen LogP contribution in [0.2, 0.25) is 0 Å². The van der Waals surface area contributed by atoms with E-state index in [1.54, 1.807) is 0 Å². The molecule has 3 atom stereocenters. The fraction of sp³-hybridized carbons (Fsp3) is 0.538. The minimum atomic E-state index is 0.129. The highest BCUT2D eigenvalue weighted by molar-refractivity contribution is 5.37. The predicted molar refractivity (Wildman–Crippen MR) is 64.6 cm³/mol. The molecule has 4 nitrogen and oxygen atoms in total. The second-order valence-electron chi connectivity index (χ2n) is 4.78. The van der Waals surface area contributed by atoms with Crippen LogP contribution in [-0.2, 0) is 11.2 Å². The van der Waals surface area contributed by atoms with E-state index in [4.69, 9.17) is 15.3 Å². The zero-order chi connectivity index (χ0) is 11.7. The maximum absolute atomic E-state index is 5.97. The minimum Gasteiger partial charge on any atom is -0.488 e. The molecular weight excluding hydrogens is 216 g/mol. The Bertz CT molecular complexity index is 366. The number of rotatable bonds is 3. The summed E-state index contributed by atoms with van der Waals surface area (Å²) in [6, 6.07) is 8.37. The standard InChI is InChI=1S/C13H18N2O2/c14-15-13(10-5-6-16-8-10)12-7-9-3-1-2-4-11(9)17-12/h1-4,10,12-13,15H,5-8,14H2. The average molecular weight is 234 g/mol. The van der Waals surface area contributed by atoms with Gasteiger partial charge in [-0.25, -0.2) is 0 Å². The Kier molecular flexibility index (Phi) is 3.01. The highest BCUT2D eigenvalue weighted by atomic mass is 16.5. The molecule has 0 radical (unpaired) electrons. The summed E-state index contributed by atoms with van der Waals surface area (Å²) in [5.41, 5.74) is 4.19. The lowest BCUT2D eigenvalue weighted by Gasteiger charge is -2.26. The highest BCUT2D eigenvalue weighted by Gasteiger charge is 2.36. The van der Waals surface area contributed by atoms with Crippen LogP contribution in [0.3, 0.4) is 0 Å². The maximum Gasteiger partial charge on any atom is 0.123 e. The van der Waals surface area contributed by atoms with E-state index in [0.29, 0.717) is 5.92 Å². The Balaban J connectivity index is 1.73. The van der Waals surface area contributed by atoms with Crippen molar-refractivity contribution in [2.45, 2.75) is 25.0 Å². The third kappa shape index (κ3) is 2.04. The molecule has 0 saturated carbocycles. The summed E-state index contributed by atoms with van der Waals surface area (Å²) in [5.74, 6) is 7.14. The Morgan fingerprint density at radius 3 is 2.94 bits per heavy atom. The number of ether oxygens (including phenoxy) is 2. The van der Waals surface area contributed by atoms with Gasteiger partial charge in [-0.1, -0.05) is 18.2 Å². The first kappa shape index (κ1) is 11.0. The second kappa shape index (κ2) is 4.64. The van der Waals surface area contributed by atoms with Crippen molar-refractivity contribution in [1.82, 2.24) is 5.43 Å². The van der Waals surface area contributed by atoms with E-state index in [1.165, 1.54) is 5.56 Å². The first-order valence-electron chi connectivity index (χ1n) is 6.17. The number of benzene rings is 1. The number of hydrogen-bond acceptors (Lipinski definition) is 4. The number of para-hydroxylation sites is 1.